The maximum atomic E-state index is 5.77. The zero-order chi connectivity index (χ0) is 20.1. The van der Waals surface area contributed by atoms with E-state index in [0.29, 0.717) is 6.73 Å². The second-order valence-corrected chi connectivity index (χ2v) is 14.8. The number of halogens is 2. The smallest absolute Gasteiger partial charge is 0.130 e. The van der Waals surface area contributed by atoms with Gasteiger partial charge >= 0.3 is 0 Å². The Balaban J connectivity index is 0.000000188. The number of hydrogen-bond acceptors (Lipinski definition) is 3. The molecule has 28 heavy (non-hydrogen) atoms. The summed E-state index contributed by atoms with van der Waals surface area (Å²) in [6.45, 7) is 8.53. The third-order valence-corrected chi connectivity index (χ3v) is 7.17. The lowest BCUT2D eigenvalue weighted by Gasteiger charge is -2.15. The van der Waals surface area contributed by atoms with Crippen LogP contribution in [0.2, 0.25) is 25.7 Å². The molecule has 0 aliphatic carbocycles. The Morgan fingerprint density at radius 3 is 2.43 bits per heavy atom. The molecule has 0 bridgehead atoms. The van der Waals surface area contributed by atoms with Crippen LogP contribution in [0.15, 0.2) is 58.3 Å². The van der Waals surface area contributed by atoms with E-state index in [-0.39, 0.29) is 0 Å². The highest BCUT2D eigenvalue weighted by Gasteiger charge is 2.12. The molecule has 4 heterocycles. The van der Waals surface area contributed by atoms with Gasteiger partial charge in [0.25, 0.3) is 0 Å². The highest BCUT2D eigenvalue weighted by atomic mass is 79.9. The van der Waals surface area contributed by atoms with Gasteiger partial charge in [-0.3, -0.25) is 0 Å². The number of rotatable bonds is 5. The third kappa shape index (κ3) is 5.53. The van der Waals surface area contributed by atoms with Gasteiger partial charge in [-0.05, 0) is 62.2 Å². The number of hydrogen-bond donors (Lipinski definition) is 1. The van der Waals surface area contributed by atoms with Crippen molar-refractivity contribution in [2.24, 2.45) is 0 Å². The van der Waals surface area contributed by atoms with E-state index in [1.54, 1.807) is 6.20 Å². The van der Waals surface area contributed by atoms with Crippen molar-refractivity contribution in [3.05, 3.63) is 58.3 Å². The van der Waals surface area contributed by atoms with Crippen molar-refractivity contribution in [1.29, 1.82) is 0 Å². The van der Waals surface area contributed by atoms with Crippen LogP contribution < -0.4 is 0 Å². The van der Waals surface area contributed by atoms with Crippen LogP contribution in [0.1, 0.15) is 0 Å². The zero-order valence-corrected chi connectivity index (χ0v) is 20.4. The average molecular weight is 524 g/mol. The van der Waals surface area contributed by atoms with E-state index in [0.717, 1.165) is 26.8 Å². The van der Waals surface area contributed by atoms with Gasteiger partial charge in [0.1, 0.15) is 15.9 Å². The van der Waals surface area contributed by atoms with Crippen molar-refractivity contribution >= 4 is 61.7 Å². The molecule has 0 amide bonds. The normalized spacial score (nSPS) is 11.6. The summed E-state index contributed by atoms with van der Waals surface area (Å²) in [6, 6.07) is 9.28. The molecule has 0 spiro atoms. The third-order valence-electron chi connectivity index (χ3n) is 4.29. The standard InChI is InChI=1S/C13H19BrN2OSi.C7H5BrN2/c1-18(2,3)9-8-17-10-16-7-5-11-4-6-15-13(14)12(11)16;8-7-6-5(1-3-9-6)2-4-10-7/h4-7H,8-10H2,1-3H3;1-4,9H. The fourth-order valence-corrected chi connectivity index (χ4v) is 4.49. The van der Waals surface area contributed by atoms with Gasteiger partial charge < -0.3 is 14.3 Å². The second kappa shape index (κ2) is 9.34. The summed E-state index contributed by atoms with van der Waals surface area (Å²) in [5.41, 5.74) is 2.16. The number of aromatic nitrogens is 4. The van der Waals surface area contributed by atoms with E-state index >= 15 is 0 Å². The number of pyridine rings is 2. The summed E-state index contributed by atoms with van der Waals surface area (Å²) in [5.74, 6) is 0. The molecule has 4 aromatic rings. The van der Waals surface area contributed by atoms with Gasteiger partial charge in [0.05, 0.1) is 11.0 Å². The van der Waals surface area contributed by atoms with Crippen molar-refractivity contribution in [3.8, 4) is 0 Å². The number of nitrogens with zero attached hydrogens (tertiary/aromatic N) is 3. The van der Waals surface area contributed by atoms with Crippen LogP contribution in [0.4, 0.5) is 0 Å². The van der Waals surface area contributed by atoms with Crippen molar-refractivity contribution < 1.29 is 4.74 Å². The first-order valence-corrected chi connectivity index (χ1v) is 14.4. The van der Waals surface area contributed by atoms with Gasteiger partial charge in [-0.15, -0.1) is 0 Å². The summed E-state index contributed by atoms with van der Waals surface area (Å²) in [5, 5.41) is 2.37. The lowest BCUT2D eigenvalue weighted by Crippen LogP contribution is -2.21. The molecule has 5 nitrogen and oxygen atoms in total. The van der Waals surface area contributed by atoms with Crippen molar-refractivity contribution in [1.82, 2.24) is 19.5 Å². The summed E-state index contributed by atoms with van der Waals surface area (Å²) < 4.78 is 9.60. The van der Waals surface area contributed by atoms with E-state index < -0.39 is 8.07 Å². The van der Waals surface area contributed by atoms with E-state index in [9.17, 15) is 0 Å². The topological polar surface area (TPSA) is 55.7 Å². The molecule has 0 aromatic carbocycles. The molecule has 0 aliphatic rings. The molecule has 0 atom stereocenters. The molecule has 0 aliphatic heterocycles. The minimum absolute atomic E-state index is 0.596. The quantitative estimate of drug-likeness (QED) is 0.186. The van der Waals surface area contributed by atoms with E-state index in [1.165, 1.54) is 16.8 Å². The predicted molar refractivity (Wildman–Crippen MR) is 125 cm³/mol. The molecule has 0 unspecified atom stereocenters. The number of fused-ring (bicyclic) bond motifs is 2. The first kappa shape index (κ1) is 21.2. The number of H-pyrrole nitrogens is 1. The molecule has 0 fully saturated rings. The number of aromatic amines is 1. The van der Waals surface area contributed by atoms with E-state index in [1.807, 2.05) is 36.8 Å². The Bertz CT molecular complexity index is 1060. The highest BCUT2D eigenvalue weighted by Crippen LogP contribution is 2.22. The van der Waals surface area contributed by atoms with Crippen LogP contribution in [-0.4, -0.2) is 34.2 Å². The van der Waals surface area contributed by atoms with E-state index in [2.05, 4.69) is 77.1 Å². The molecule has 0 saturated heterocycles. The average Bonchev–Trinajstić information content (AvgIpc) is 3.27. The van der Waals surface area contributed by atoms with Crippen molar-refractivity contribution in [2.75, 3.05) is 6.61 Å². The van der Waals surface area contributed by atoms with Crippen molar-refractivity contribution in [3.63, 3.8) is 0 Å². The largest absolute Gasteiger partial charge is 0.361 e. The number of nitrogens with one attached hydrogen (secondary N) is 1. The van der Waals surface area contributed by atoms with Gasteiger partial charge in [-0.2, -0.15) is 0 Å². The van der Waals surface area contributed by atoms with Crippen LogP contribution in [0.3, 0.4) is 0 Å². The summed E-state index contributed by atoms with van der Waals surface area (Å²) in [6.07, 6.45) is 7.53. The Morgan fingerprint density at radius 1 is 1.00 bits per heavy atom. The van der Waals surface area contributed by atoms with Gasteiger partial charge in [0, 0.05) is 50.2 Å². The fourth-order valence-electron chi connectivity index (χ4n) is 2.70. The SMILES string of the molecule is Brc1nccc2cc[nH]c12.C[Si](C)(C)CCOCn1ccc2ccnc(Br)c21. The second-order valence-electron chi connectivity index (χ2n) is 7.72. The van der Waals surface area contributed by atoms with Crippen LogP contribution in [0, 0.1) is 0 Å². The maximum absolute atomic E-state index is 5.77. The molecule has 1 N–H and O–H groups in total. The lowest BCUT2D eigenvalue weighted by atomic mass is 10.3. The van der Waals surface area contributed by atoms with E-state index in [4.69, 9.17) is 4.74 Å². The van der Waals surface area contributed by atoms with Crippen LogP contribution in [-0.2, 0) is 11.5 Å². The Hall–Kier alpha value is -1.48. The Morgan fingerprint density at radius 2 is 1.71 bits per heavy atom. The lowest BCUT2D eigenvalue weighted by molar-refractivity contribution is 0.0901. The Labute approximate surface area is 182 Å². The van der Waals surface area contributed by atoms with Crippen LogP contribution in [0.5, 0.6) is 0 Å². The monoisotopic (exact) mass is 522 g/mol. The molecule has 4 aromatic heterocycles. The van der Waals surface area contributed by atoms with Gasteiger partial charge in [-0.25, -0.2) is 9.97 Å². The minimum atomic E-state index is -1.000. The van der Waals surface area contributed by atoms with Gasteiger partial charge in [0.15, 0.2) is 0 Å². The van der Waals surface area contributed by atoms with Crippen molar-refractivity contribution in [2.45, 2.75) is 32.4 Å². The molecule has 148 valence electrons. The van der Waals surface area contributed by atoms with Crippen LogP contribution in [0.25, 0.3) is 21.8 Å². The maximum Gasteiger partial charge on any atom is 0.130 e. The van der Waals surface area contributed by atoms with Gasteiger partial charge in [-0.1, -0.05) is 19.6 Å². The first-order valence-electron chi connectivity index (χ1n) is 9.10. The molecule has 4 rings (SSSR count). The summed E-state index contributed by atoms with van der Waals surface area (Å²) in [7, 11) is -1.000. The molecular formula is C20H24Br2N4OSi. The summed E-state index contributed by atoms with van der Waals surface area (Å²) >= 11 is 6.82. The highest BCUT2D eigenvalue weighted by molar-refractivity contribution is 9.10. The molecule has 0 radical (unpaired) electrons. The fraction of sp³-hybridized carbons (Fsp3) is 0.300. The van der Waals surface area contributed by atoms with Gasteiger partial charge in [0.2, 0.25) is 0 Å². The van der Waals surface area contributed by atoms with Crippen LogP contribution >= 0.6 is 31.9 Å². The molecular weight excluding hydrogens is 500 g/mol. The molecule has 0 saturated carbocycles. The minimum Gasteiger partial charge on any atom is -0.361 e. The predicted octanol–water partition coefficient (Wildman–Crippen LogP) is 6.44. The zero-order valence-electron chi connectivity index (χ0n) is 16.2. The number of ether oxygens (including phenoxy) is 1. The first-order chi connectivity index (χ1) is 13.3. The Kier molecular flexibility index (Phi) is 7.08. The summed E-state index contributed by atoms with van der Waals surface area (Å²) in [4.78, 5) is 11.4. The molecule has 8 heteroatoms.